The zero-order valence-electron chi connectivity index (χ0n) is 8.21. The second-order valence-corrected chi connectivity index (χ2v) is 4.10. The molecule has 0 aliphatic carbocycles. The van der Waals surface area contributed by atoms with Gasteiger partial charge in [-0.05, 0) is 19.3 Å². The predicted octanol–water partition coefficient (Wildman–Crippen LogP) is 1.50. The topological polar surface area (TPSA) is 33.6 Å². The zero-order chi connectivity index (χ0) is 9.36. The number of hydrogen-bond acceptors (Lipinski definition) is 4. The van der Waals surface area contributed by atoms with Crippen molar-refractivity contribution in [3.05, 3.63) is 0 Å². The molecule has 1 aliphatic heterocycles. The Morgan fingerprint density at radius 2 is 2.46 bits per heavy atom. The molecule has 0 radical (unpaired) electrons. The van der Waals surface area contributed by atoms with Crippen LogP contribution in [0, 0.1) is 0 Å². The average molecular weight is 202 g/mol. The van der Waals surface area contributed by atoms with Gasteiger partial charge in [0.2, 0.25) is 0 Å². The zero-order valence-corrected chi connectivity index (χ0v) is 9.03. The van der Waals surface area contributed by atoms with E-state index in [9.17, 15) is 0 Å². The van der Waals surface area contributed by atoms with E-state index in [0.29, 0.717) is 0 Å². The molecular weight excluding hydrogens is 184 g/mol. The van der Waals surface area contributed by atoms with Gasteiger partial charge in [-0.3, -0.25) is 4.99 Å². The van der Waals surface area contributed by atoms with Crippen molar-refractivity contribution >= 4 is 16.9 Å². The molecule has 76 valence electrons. The Morgan fingerprint density at radius 3 is 3.15 bits per heavy atom. The first kappa shape index (κ1) is 10.9. The lowest BCUT2D eigenvalue weighted by molar-refractivity contribution is 0.193. The maximum Gasteiger partial charge on any atom is 0.156 e. The number of thioether (sulfide) groups is 1. The first-order valence-electron chi connectivity index (χ1n) is 4.83. The molecule has 0 aromatic rings. The molecule has 0 saturated heterocycles. The van der Waals surface area contributed by atoms with Crippen LogP contribution in [0.3, 0.4) is 0 Å². The molecule has 1 N–H and O–H groups in total. The molecule has 1 heterocycles. The minimum absolute atomic E-state index is 0.862. The van der Waals surface area contributed by atoms with E-state index in [1.807, 2.05) is 11.8 Å². The summed E-state index contributed by atoms with van der Waals surface area (Å²) in [5, 5.41) is 4.47. The standard InChI is InChI=1S/C9H18N2OS/c1-12-7-3-2-5-10-9-11-6-4-8-13-9/h2-8H2,1H3,(H,10,11). The van der Waals surface area contributed by atoms with Crippen LogP contribution in [0.1, 0.15) is 19.3 Å². The van der Waals surface area contributed by atoms with E-state index < -0.39 is 0 Å². The number of nitrogens with one attached hydrogen (secondary N) is 1. The third-order valence-electron chi connectivity index (χ3n) is 1.85. The van der Waals surface area contributed by atoms with Crippen molar-refractivity contribution in [2.24, 2.45) is 4.99 Å². The monoisotopic (exact) mass is 202 g/mol. The summed E-state index contributed by atoms with van der Waals surface area (Å²) in [4.78, 5) is 4.38. The summed E-state index contributed by atoms with van der Waals surface area (Å²) in [6, 6.07) is 0. The van der Waals surface area contributed by atoms with Gasteiger partial charge in [-0.2, -0.15) is 0 Å². The van der Waals surface area contributed by atoms with Crippen LogP contribution in [-0.2, 0) is 4.74 Å². The molecule has 1 aliphatic rings. The molecule has 0 amide bonds. The van der Waals surface area contributed by atoms with Crippen LogP contribution >= 0.6 is 11.8 Å². The van der Waals surface area contributed by atoms with Gasteiger partial charge in [-0.15, -0.1) is 0 Å². The van der Waals surface area contributed by atoms with Crippen LogP contribution in [0.2, 0.25) is 0 Å². The third-order valence-corrected chi connectivity index (χ3v) is 2.89. The van der Waals surface area contributed by atoms with Gasteiger partial charge in [-0.25, -0.2) is 0 Å². The molecule has 3 nitrogen and oxygen atoms in total. The fourth-order valence-electron chi connectivity index (χ4n) is 1.13. The van der Waals surface area contributed by atoms with Crippen molar-refractivity contribution in [3.8, 4) is 0 Å². The summed E-state index contributed by atoms with van der Waals surface area (Å²) in [6.45, 7) is 2.88. The number of nitrogens with zero attached hydrogens (tertiary/aromatic N) is 1. The van der Waals surface area contributed by atoms with Gasteiger partial charge in [-0.1, -0.05) is 11.8 Å². The number of methoxy groups -OCH3 is 1. The van der Waals surface area contributed by atoms with Crippen molar-refractivity contribution < 1.29 is 4.74 Å². The van der Waals surface area contributed by atoms with Gasteiger partial charge in [0.1, 0.15) is 0 Å². The summed E-state index contributed by atoms with van der Waals surface area (Å²) < 4.78 is 4.97. The first-order chi connectivity index (χ1) is 6.43. The van der Waals surface area contributed by atoms with E-state index >= 15 is 0 Å². The second-order valence-electron chi connectivity index (χ2n) is 3.02. The maximum absolute atomic E-state index is 4.97. The van der Waals surface area contributed by atoms with Crippen molar-refractivity contribution in [2.75, 3.05) is 32.6 Å². The van der Waals surface area contributed by atoms with E-state index in [1.54, 1.807) is 7.11 Å². The molecule has 0 spiro atoms. The SMILES string of the molecule is COCCCCNC1=NCCCS1. The Kier molecular flexibility index (Phi) is 6.02. The number of unbranched alkanes of at least 4 members (excludes halogenated alkanes) is 1. The molecular formula is C9H18N2OS. The second kappa shape index (κ2) is 7.21. The Morgan fingerprint density at radius 1 is 1.54 bits per heavy atom. The average Bonchev–Trinajstić information content (AvgIpc) is 2.19. The summed E-state index contributed by atoms with van der Waals surface area (Å²) in [7, 11) is 1.74. The van der Waals surface area contributed by atoms with E-state index in [2.05, 4.69) is 10.3 Å². The quantitative estimate of drug-likeness (QED) is 0.686. The van der Waals surface area contributed by atoms with Gasteiger partial charge in [0, 0.05) is 32.6 Å². The first-order valence-corrected chi connectivity index (χ1v) is 5.82. The van der Waals surface area contributed by atoms with Crippen LogP contribution in [0.5, 0.6) is 0 Å². The Bertz CT molecular complexity index is 162. The highest BCUT2D eigenvalue weighted by atomic mass is 32.2. The van der Waals surface area contributed by atoms with Crippen LogP contribution in [0.25, 0.3) is 0 Å². The molecule has 1 rings (SSSR count). The minimum Gasteiger partial charge on any atom is -0.385 e. The summed E-state index contributed by atoms with van der Waals surface area (Å²) in [5.41, 5.74) is 0. The summed E-state index contributed by atoms with van der Waals surface area (Å²) >= 11 is 1.83. The highest BCUT2D eigenvalue weighted by Gasteiger charge is 2.03. The molecule has 0 bridgehead atoms. The fourth-order valence-corrected chi connectivity index (χ4v) is 1.99. The summed E-state index contributed by atoms with van der Waals surface area (Å²) in [6.07, 6.45) is 3.51. The van der Waals surface area contributed by atoms with E-state index in [0.717, 1.165) is 37.7 Å². The van der Waals surface area contributed by atoms with Crippen LogP contribution in [-0.4, -0.2) is 37.7 Å². The maximum atomic E-state index is 4.97. The number of amidine groups is 1. The number of ether oxygens (including phenoxy) is 1. The lowest BCUT2D eigenvalue weighted by atomic mass is 10.3. The van der Waals surface area contributed by atoms with Crippen molar-refractivity contribution in [1.29, 1.82) is 0 Å². The third kappa shape index (κ3) is 5.16. The smallest absolute Gasteiger partial charge is 0.156 e. The molecule has 0 unspecified atom stereocenters. The van der Waals surface area contributed by atoms with Crippen LogP contribution in [0.15, 0.2) is 4.99 Å². The van der Waals surface area contributed by atoms with Crippen molar-refractivity contribution in [1.82, 2.24) is 5.32 Å². The van der Waals surface area contributed by atoms with Crippen molar-refractivity contribution in [3.63, 3.8) is 0 Å². The van der Waals surface area contributed by atoms with Gasteiger partial charge in [0.15, 0.2) is 5.17 Å². The molecule has 0 saturated carbocycles. The highest BCUT2D eigenvalue weighted by molar-refractivity contribution is 8.13. The Balaban J connectivity index is 1.95. The van der Waals surface area contributed by atoms with Gasteiger partial charge < -0.3 is 10.1 Å². The number of hydrogen-bond donors (Lipinski definition) is 1. The normalized spacial score (nSPS) is 16.8. The molecule has 0 aromatic carbocycles. The Hall–Kier alpha value is -0.220. The Labute approximate surface area is 84.3 Å². The minimum atomic E-state index is 0.862. The van der Waals surface area contributed by atoms with Gasteiger partial charge >= 0.3 is 0 Å². The van der Waals surface area contributed by atoms with Crippen LogP contribution in [0.4, 0.5) is 0 Å². The highest BCUT2D eigenvalue weighted by Crippen LogP contribution is 2.09. The summed E-state index contributed by atoms with van der Waals surface area (Å²) in [5.74, 6) is 1.21. The predicted molar refractivity (Wildman–Crippen MR) is 58.5 cm³/mol. The molecule has 0 aromatic heterocycles. The lowest BCUT2D eigenvalue weighted by Gasteiger charge is -2.12. The fraction of sp³-hybridized carbons (Fsp3) is 0.889. The van der Waals surface area contributed by atoms with Crippen LogP contribution < -0.4 is 5.32 Å². The molecule has 0 fully saturated rings. The molecule has 0 atom stereocenters. The largest absolute Gasteiger partial charge is 0.385 e. The lowest BCUT2D eigenvalue weighted by Crippen LogP contribution is -2.24. The van der Waals surface area contributed by atoms with E-state index in [1.165, 1.54) is 12.2 Å². The molecule has 4 heteroatoms. The van der Waals surface area contributed by atoms with E-state index in [-0.39, 0.29) is 0 Å². The van der Waals surface area contributed by atoms with E-state index in [4.69, 9.17) is 4.74 Å². The van der Waals surface area contributed by atoms with Crippen molar-refractivity contribution in [2.45, 2.75) is 19.3 Å². The number of aliphatic imine (C=N–C) groups is 1. The van der Waals surface area contributed by atoms with Gasteiger partial charge in [0.25, 0.3) is 0 Å². The molecule has 13 heavy (non-hydrogen) atoms. The number of rotatable bonds is 5. The van der Waals surface area contributed by atoms with Gasteiger partial charge in [0.05, 0.1) is 0 Å².